The summed E-state index contributed by atoms with van der Waals surface area (Å²) in [5.74, 6) is -0.0695. The maximum absolute atomic E-state index is 13.7. The van der Waals surface area contributed by atoms with E-state index in [0.29, 0.717) is 18.4 Å². The smallest absolute Gasteiger partial charge is 0.232 e. The first kappa shape index (κ1) is 22.1. The third kappa shape index (κ3) is 3.95. The second-order valence-electron chi connectivity index (χ2n) is 10.4. The molecule has 0 spiro atoms. The van der Waals surface area contributed by atoms with E-state index in [1.165, 1.54) is 17.7 Å². The van der Waals surface area contributed by atoms with Crippen molar-refractivity contribution >= 4 is 28.0 Å². The number of allylic oxidation sites excluding steroid dienone is 2. The zero-order valence-electron chi connectivity index (χ0n) is 19.4. The normalized spacial score (nSPS) is 22.8. The number of ketones is 1. The minimum atomic E-state index is -0.217. The van der Waals surface area contributed by atoms with Gasteiger partial charge >= 0.3 is 0 Å². The fourth-order valence-electron chi connectivity index (χ4n) is 5.80. The van der Waals surface area contributed by atoms with Gasteiger partial charge in [-0.1, -0.05) is 57.0 Å². The maximum Gasteiger partial charge on any atom is 0.232 e. The molecule has 3 aliphatic rings. The van der Waals surface area contributed by atoms with Gasteiger partial charge in [-0.3, -0.25) is 14.5 Å². The predicted molar refractivity (Wildman–Crippen MR) is 131 cm³/mol. The molecule has 0 fully saturated rings. The number of carbonyl (C=O) groups is 2. The van der Waals surface area contributed by atoms with Crippen LogP contribution in [0.25, 0.3) is 0 Å². The lowest BCUT2D eigenvalue weighted by molar-refractivity contribution is -0.120. The van der Waals surface area contributed by atoms with Crippen molar-refractivity contribution in [3.63, 3.8) is 0 Å². The quantitative estimate of drug-likeness (QED) is 0.520. The number of anilines is 1. The number of hydrogen-bond donors (Lipinski definition) is 0. The zero-order valence-corrected chi connectivity index (χ0v) is 20.3. The number of amides is 1. The Balaban J connectivity index is 1.69. The average molecular weight is 459 g/mol. The van der Waals surface area contributed by atoms with Gasteiger partial charge in [-0.05, 0) is 48.6 Å². The number of rotatable bonds is 2. The monoisotopic (exact) mass is 458 g/mol. The number of nitrogens with zero attached hydrogens (tertiary/aromatic N) is 2. The van der Waals surface area contributed by atoms with Gasteiger partial charge in [0.2, 0.25) is 5.91 Å². The fraction of sp³-hybridized carbons (Fsp3) is 0.464. The van der Waals surface area contributed by atoms with Gasteiger partial charge in [-0.25, -0.2) is 0 Å². The van der Waals surface area contributed by atoms with E-state index in [1.54, 1.807) is 16.2 Å². The van der Waals surface area contributed by atoms with Gasteiger partial charge in [-0.2, -0.15) is 5.26 Å². The Labute approximate surface area is 199 Å². The molecule has 2 aliphatic carbocycles. The predicted octanol–water partition coefficient (Wildman–Crippen LogP) is 6.44. The van der Waals surface area contributed by atoms with Crippen LogP contribution in [0.3, 0.4) is 0 Å². The molecule has 0 saturated carbocycles. The molecule has 5 rings (SSSR count). The van der Waals surface area contributed by atoms with Crippen LogP contribution in [-0.2, 0) is 22.4 Å². The SMILES string of the molecule is CC1(C)CC(=O)C2=C(C1)N(c1sc3c(c1C#N)CCCCCC3)C(=O)CC2c1ccccc1. The molecule has 33 heavy (non-hydrogen) atoms. The first-order valence-electron chi connectivity index (χ1n) is 12.1. The standard InChI is InChI=1S/C28H30N2O2S/c1-28(2)15-22-26(23(31)16-28)20(18-10-6-5-7-11-18)14-25(32)30(22)27-21(17-29)19-12-8-3-4-9-13-24(19)33-27/h5-7,10-11,20H,3-4,8-9,12-16H2,1-2H3. The molecule has 1 atom stereocenters. The minimum Gasteiger partial charge on any atom is -0.294 e. The molecule has 4 nitrogen and oxygen atoms in total. The topological polar surface area (TPSA) is 61.2 Å². The lowest BCUT2D eigenvalue weighted by atomic mass is 9.69. The molecule has 5 heteroatoms. The molecule has 0 N–H and O–H groups in total. The number of aryl methyl sites for hydroxylation is 1. The molecule has 1 amide bonds. The molecule has 170 valence electrons. The maximum atomic E-state index is 13.7. The summed E-state index contributed by atoms with van der Waals surface area (Å²) in [5, 5.41) is 10.9. The summed E-state index contributed by atoms with van der Waals surface area (Å²) in [7, 11) is 0. The van der Waals surface area contributed by atoms with Crippen LogP contribution in [0.2, 0.25) is 0 Å². The Hall–Kier alpha value is -2.71. The van der Waals surface area contributed by atoms with Crippen LogP contribution in [0.4, 0.5) is 5.00 Å². The van der Waals surface area contributed by atoms with Crippen molar-refractivity contribution in [3.05, 3.63) is 63.2 Å². The van der Waals surface area contributed by atoms with Crippen LogP contribution in [0.1, 0.15) is 86.3 Å². The van der Waals surface area contributed by atoms with Crippen molar-refractivity contribution in [2.45, 2.75) is 77.6 Å². The van der Waals surface area contributed by atoms with Gasteiger partial charge in [0.15, 0.2) is 5.78 Å². The highest BCUT2D eigenvalue weighted by Crippen LogP contribution is 2.50. The Morgan fingerprint density at radius 2 is 1.76 bits per heavy atom. The molecular formula is C28H30N2O2S. The number of nitriles is 1. The van der Waals surface area contributed by atoms with Crippen LogP contribution < -0.4 is 4.90 Å². The van der Waals surface area contributed by atoms with E-state index in [0.717, 1.165) is 53.1 Å². The van der Waals surface area contributed by atoms with Crippen LogP contribution in [0, 0.1) is 16.7 Å². The van der Waals surface area contributed by atoms with Crippen molar-refractivity contribution in [3.8, 4) is 6.07 Å². The summed E-state index contributed by atoms with van der Waals surface area (Å²) in [6, 6.07) is 12.4. The Bertz CT molecular complexity index is 1180. The van der Waals surface area contributed by atoms with Crippen LogP contribution in [0.15, 0.2) is 41.6 Å². The van der Waals surface area contributed by atoms with E-state index in [4.69, 9.17) is 0 Å². The molecule has 0 bridgehead atoms. The van der Waals surface area contributed by atoms with E-state index in [2.05, 4.69) is 19.9 Å². The second-order valence-corrected chi connectivity index (χ2v) is 11.5. The number of hydrogen-bond acceptors (Lipinski definition) is 4. The van der Waals surface area contributed by atoms with Crippen LogP contribution in [0.5, 0.6) is 0 Å². The number of benzene rings is 1. The van der Waals surface area contributed by atoms with E-state index in [9.17, 15) is 14.9 Å². The van der Waals surface area contributed by atoms with Crippen molar-refractivity contribution < 1.29 is 9.59 Å². The lowest BCUT2D eigenvalue weighted by Crippen LogP contribution is -2.43. The Morgan fingerprint density at radius 1 is 1.03 bits per heavy atom. The summed E-state index contributed by atoms with van der Waals surface area (Å²) < 4.78 is 0. The Morgan fingerprint density at radius 3 is 2.48 bits per heavy atom. The van der Waals surface area contributed by atoms with E-state index in [-0.39, 0.29) is 29.4 Å². The summed E-state index contributed by atoms with van der Waals surface area (Å²) in [5.41, 5.74) is 4.21. The van der Waals surface area contributed by atoms with Gasteiger partial charge in [0.1, 0.15) is 11.1 Å². The molecule has 2 heterocycles. The number of thiophene rings is 1. The highest BCUT2D eigenvalue weighted by Gasteiger charge is 2.45. The first-order chi connectivity index (χ1) is 15.9. The summed E-state index contributed by atoms with van der Waals surface area (Å²) >= 11 is 1.61. The number of carbonyl (C=O) groups excluding carboxylic acids is 2. The molecule has 1 aromatic heterocycles. The highest BCUT2D eigenvalue weighted by atomic mass is 32.1. The molecule has 1 aliphatic heterocycles. The van der Waals surface area contributed by atoms with Gasteiger partial charge in [0.05, 0.1) is 5.56 Å². The van der Waals surface area contributed by atoms with Crippen molar-refractivity contribution in [2.75, 3.05) is 4.90 Å². The molecule has 2 aromatic rings. The van der Waals surface area contributed by atoms with Crippen molar-refractivity contribution in [1.82, 2.24) is 0 Å². The van der Waals surface area contributed by atoms with E-state index in [1.807, 2.05) is 30.3 Å². The molecule has 1 aromatic carbocycles. The third-order valence-corrected chi connectivity index (χ3v) is 8.59. The molecule has 0 radical (unpaired) electrons. The Kier molecular flexibility index (Phi) is 5.74. The summed E-state index contributed by atoms with van der Waals surface area (Å²) in [6.45, 7) is 4.20. The zero-order chi connectivity index (χ0) is 23.2. The minimum absolute atomic E-state index is 0.00109. The van der Waals surface area contributed by atoms with Gasteiger partial charge in [0, 0.05) is 34.9 Å². The first-order valence-corrected chi connectivity index (χ1v) is 12.9. The van der Waals surface area contributed by atoms with Gasteiger partial charge in [0.25, 0.3) is 0 Å². The third-order valence-electron chi connectivity index (χ3n) is 7.31. The molecular weight excluding hydrogens is 428 g/mol. The highest BCUT2D eigenvalue weighted by molar-refractivity contribution is 7.16. The molecule has 1 unspecified atom stereocenters. The number of fused-ring (bicyclic) bond motifs is 1. The van der Waals surface area contributed by atoms with Gasteiger partial charge in [-0.15, -0.1) is 11.3 Å². The summed E-state index contributed by atoms with van der Waals surface area (Å²) in [4.78, 5) is 30.3. The second kappa shape index (κ2) is 8.57. The largest absolute Gasteiger partial charge is 0.294 e. The van der Waals surface area contributed by atoms with Crippen LogP contribution >= 0.6 is 11.3 Å². The van der Waals surface area contributed by atoms with Gasteiger partial charge < -0.3 is 0 Å². The number of Topliss-reactive ketones (excluding diaryl/α,β-unsaturated/α-hetero) is 1. The van der Waals surface area contributed by atoms with Crippen LogP contribution in [-0.4, -0.2) is 11.7 Å². The van der Waals surface area contributed by atoms with E-state index >= 15 is 0 Å². The lowest BCUT2D eigenvalue weighted by Gasteiger charge is -2.42. The van der Waals surface area contributed by atoms with Crippen molar-refractivity contribution in [1.29, 1.82) is 5.26 Å². The van der Waals surface area contributed by atoms with E-state index < -0.39 is 0 Å². The average Bonchev–Trinajstić information content (AvgIpc) is 3.08. The fourth-order valence-corrected chi connectivity index (χ4v) is 7.18. The molecule has 0 saturated heterocycles. The summed E-state index contributed by atoms with van der Waals surface area (Å²) in [6.07, 6.45) is 7.91. The van der Waals surface area contributed by atoms with Crippen molar-refractivity contribution in [2.24, 2.45) is 5.41 Å².